The highest BCUT2D eigenvalue weighted by atomic mass is 35.5. The molecule has 150 valence electrons. The van der Waals surface area contributed by atoms with Crippen molar-refractivity contribution in [3.8, 4) is 0 Å². The van der Waals surface area contributed by atoms with E-state index in [1.165, 1.54) is 23.1 Å². The summed E-state index contributed by atoms with van der Waals surface area (Å²) in [6.07, 6.45) is 0. The molecule has 3 rings (SSSR count). The SMILES string of the molecule is CCOC(=O)C(=O)CN1C(=N)CN=C(c2ccccc2F)c2c1ccc(Cl)c2Cl. The number of carbonyl (C=O) groups excluding carboxylic acids is 2. The van der Waals surface area contributed by atoms with E-state index in [0.717, 1.165) is 0 Å². The molecule has 0 unspecified atom stereocenters. The summed E-state index contributed by atoms with van der Waals surface area (Å²) in [4.78, 5) is 29.7. The van der Waals surface area contributed by atoms with Gasteiger partial charge in [-0.3, -0.25) is 15.2 Å². The summed E-state index contributed by atoms with van der Waals surface area (Å²) < 4.78 is 19.2. The van der Waals surface area contributed by atoms with Gasteiger partial charge in [0.05, 0.1) is 41.1 Å². The molecule has 1 heterocycles. The fourth-order valence-corrected chi connectivity index (χ4v) is 3.33. The first-order chi connectivity index (χ1) is 13.8. The van der Waals surface area contributed by atoms with Crippen molar-refractivity contribution in [1.29, 1.82) is 5.41 Å². The van der Waals surface area contributed by atoms with Gasteiger partial charge in [-0.15, -0.1) is 0 Å². The summed E-state index contributed by atoms with van der Waals surface area (Å²) in [6.45, 7) is 1.05. The van der Waals surface area contributed by atoms with Gasteiger partial charge in [-0.05, 0) is 31.2 Å². The van der Waals surface area contributed by atoms with Crippen molar-refractivity contribution >= 4 is 52.2 Å². The van der Waals surface area contributed by atoms with Gasteiger partial charge >= 0.3 is 5.97 Å². The molecule has 0 aromatic heterocycles. The molecule has 0 fully saturated rings. The number of Topliss-reactive ketones (excluding diaryl/α,β-unsaturated/α-hetero) is 1. The lowest BCUT2D eigenvalue weighted by atomic mass is 9.99. The zero-order valence-corrected chi connectivity index (χ0v) is 16.9. The number of ketones is 1. The third kappa shape index (κ3) is 4.16. The number of hydrogen-bond donors (Lipinski definition) is 1. The highest BCUT2D eigenvalue weighted by molar-refractivity contribution is 6.45. The molecule has 1 N–H and O–H groups in total. The van der Waals surface area contributed by atoms with Gasteiger partial charge in [0.15, 0.2) is 0 Å². The largest absolute Gasteiger partial charge is 0.460 e. The van der Waals surface area contributed by atoms with E-state index in [-0.39, 0.29) is 45.9 Å². The molecule has 2 aromatic carbocycles. The predicted molar refractivity (Wildman–Crippen MR) is 110 cm³/mol. The third-order valence-corrected chi connectivity index (χ3v) is 5.05. The lowest BCUT2D eigenvalue weighted by Gasteiger charge is -2.25. The summed E-state index contributed by atoms with van der Waals surface area (Å²) in [7, 11) is 0. The number of hydrogen-bond acceptors (Lipinski definition) is 5. The number of aliphatic imine (C=N–C) groups is 1. The van der Waals surface area contributed by atoms with Crippen LogP contribution in [0.3, 0.4) is 0 Å². The first kappa shape index (κ1) is 21.0. The molecule has 0 atom stereocenters. The van der Waals surface area contributed by atoms with E-state index < -0.39 is 24.1 Å². The van der Waals surface area contributed by atoms with E-state index >= 15 is 0 Å². The Kier molecular flexibility index (Phi) is 6.30. The Bertz CT molecular complexity index is 1040. The maximum atomic E-state index is 14.5. The van der Waals surface area contributed by atoms with Crippen LogP contribution in [-0.2, 0) is 14.3 Å². The summed E-state index contributed by atoms with van der Waals surface area (Å²) >= 11 is 12.6. The lowest BCUT2D eigenvalue weighted by Crippen LogP contribution is -2.39. The monoisotopic (exact) mass is 435 g/mol. The van der Waals surface area contributed by atoms with Crippen molar-refractivity contribution in [1.82, 2.24) is 0 Å². The van der Waals surface area contributed by atoms with Gasteiger partial charge in [0, 0.05) is 11.1 Å². The van der Waals surface area contributed by atoms with E-state index in [2.05, 4.69) is 4.99 Å². The quantitative estimate of drug-likeness (QED) is 0.570. The number of amidine groups is 1. The van der Waals surface area contributed by atoms with Crippen molar-refractivity contribution in [3.63, 3.8) is 0 Å². The Morgan fingerprint density at radius 2 is 1.97 bits per heavy atom. The Hall–Kier alpha value is -2.77. The second kappa shape index (κ2) is 8.71. The second-order valence-corrected chi connectivity index (χ2v) is 6.86. The van der Waals surface area contributed by atoms with Gasteiger partial charge in [-0.2, -0.15) is 0 Å². The van der Waals surface area contributed by atoms with Crippen LogP contribution in [0.25, 0.3) is 0 Å². The Morgan fingerprint density at radius 3 is 2.66 bits per heavy atom. The van der Waals surface area contributed by atoms with E-state index in [0.29, 0.717) is 5.69 Å². The molecule has 0 saturated heterocycles. The minimum atomic E-state index is -0.999. The minimum absolute atomic E-state index is 0.0561. The van der Waals surface area contributed by atoms with Gasteiger partial charge in [-0.1, -0.05) is 35.3 Å². The molecule has 9 heteroatoms. The average Bonchev–Trinajstić information content (AvgIpc) is 2.83. The third-order valence-electron chi connectivity index (χ3n) is 4.25. The molecule has 29 heavy (non-hydrogen) atoms. The minimum Gasteiger partial charge on any atom is -0.460 e. The number of fused-ring (bicyclic) bond motifs is 1. The Morgan fingerprint density at radius 1 is 1.24 bits per heavy atom. The van der Waals surface area contributed by atoms with Crippen LogP contribution in [0.1, 0.15) is 18.1 Å². The summed E-state index contributed by atoms with van der Waals surface area (Å²) in [6, 6.07) is 9.08. The van der Waals surface area contributed by atoms with Crippen LogP contribution in [0.2, 0.25) is 10.0 Å². The zero-order chi connectivity index (χ0) is 21.1. The maximum Gasteiger partial charge on any atom is 0.376 e. The maximum absolute atomic E-state index is 14.5. The zero-order valence-electron chi connectivity index (χ0n) is 15.3. The standard InChI is InChI=1S/C20H16Cl2FN3O3/c1-2-29-20(28)15(27)10-26-14-8-7-12(21)18(22)17(14)19(25-9-16(26)24)11-5-3-4-6-13(11)23/h3-8,24H,2,9-10H2,1H3. The van der Waals surface area contributed by atoms with Crippen LogP contribution in [0.5, 0.6) is 0 Å². The van der Waals surface area contributed by atoms with Gasteiger partial charge < -0.3 is 9.64 Å². The van der Waals surface area contributed by atoms with Crippen LogP contribution in [-0.4, -0.2) is 43.0 Å². The lowest BCUT2D eigenvalue weighted by molar-refractivity contribution is -0.152. The summed E-state index contributed by atoms with van der Waals surface area (Å²) in [5.74, 6) is -2.41. The molecule has 0 saturated carbocycles. The number of benzene rings is 2. The fourth-order valence-electron chi connectivity index (χ4n) is 2.93. The Balaban J connectivity index is 2.14. The van der Waals surface area contributed by atoms with Crippen molar-refractivity contribution in [2.75, 3.05) is 24.6 Å². The number of esters is 1. The second-order valence-electron chi connectivity index (χ2n) is 6.08. The highest BCUT2D eigenvalue weighted by Crippen LogP contribution is 2.37. The number of benzodiazepines with no additional fused rings is 1. The first-order valence-electron chi connectivity index (χ1n) is 8.67. The molecule has 0 aliphatic carbocycles. The van der Waals surface area contributed by atoms with E-state index in [4.69, 9.17) is 33.3 Å². The number of nitrogens with zero attached hydrogens (tertiary/aromatic N) is 2. The molecular formula is C20H16Cl2FN3O3. The van der Waals surface area contributed by atoms with Gasteiger partial charge in [0.2, 0.25) is 0 Å². The molecule has 0 bridgehead atoms. The average molecular weight is 436 g/mol. The van der Waals surface area contributed by atoms with Crippen LogP contribution in [0.15, 0.2) is 41.4 Å². The van der Waals surface area contributed by atoms with Crippen molar-refractivity contribution < 1.29 is 18.7 Å². The van der Waals surface area contributed by atoms with E-state index in [1.807, 2.05) is 0 Å². The highest BCUT2D eigenvalue weighted by Gasteiger charge is 2.30. The number of rotatable bonds is 5. The molecule has 0 radical (unpaired) electrons. The van der Waals surface area contributed by atoms with Gasteiger partial charge in [0.1, 0.15) is 11.7 Å². The fraction of sp³-hybridized carbons (Fsp3) is 0.200. The first-order valence-corrected chi connectivity index (χ1v) is 9.43. The van der Waals surface area contributed by atoms with Crippen LogP contribution in [0, 0.1) is 11.2 Å². The number of halogens is 3. The van der Waals surface area contributed by atoms with Crippen molar-refractivity contribution in [2.24, 2.45) is 4.99 Å². The predicted octanol–water partition coefficient (Wildman–Crippen LogP) is 3.90. The van der Waals surface area contributed by atoms with Crippen molar-refractivity contribution in [3.05, 3.63) is 63.4 Å². The van der Waals surface area contributed by atoms with E-state index in [9.17, 15) is 14.0 Å². The molecule has 1 aliphatic heterocycles. The van der Waals surface area contributed by atoms with Crippen LogP contribution in [0.4, 0.5) is 10.1 Å². The molecule has 0 spiro atoms. The summed E-state index contributed by atoms with van der Waals surface area (Å²) in [5.41, 5.74) is 0.996. The Labute approximate surface area is 176 Å². The molecule has 6 nitrogen and oxygen atoms in total. The van der Waals surface area contributed by atoms with Crippen LogP contribution < -0.4 is 4.90 Å². The number of carbonyl (C=O) groups is 2. The molecule has 1 aliphatic rings. The topological polar surface area (TPSA) is 82.8 Å². The number of anilines is 1. The van der Waals surface area contributed by atoms with E-state index in [1.54, 1.807) is 25.1 Å². The number of ether oxygens (including phenoxy) is 1. The van der Waals surface area contributed by atoms with Crippen LogP contribution >= 0.6 is 23.2 Å². The smallest absolute Gasteiger partial charge is 0.376 e. The molecule has 0 amide bonds. The molecule has 2 aromatic rings. The number of nitrogens with one attached hydrogen (secondary N) is 1. The van der Waals surface area contributed by atoms with Gasteiger partial charge in [0.25, 0.3) is 5.78 Å². The molecular weight excluding hydrogens is 420 g/mol. The van der Waals surface area contributed by atoms with Gasteiger partial charge in [-0.25, -0.2) is 9.18 Å². The van der Waals surface area contributed by atoms with Crippen molar-refractivity contribution in [2.45, 2.75) is 6.92 Å². The normalized spacial score (nSPS) is 13.4. The summed E-state index contributed by atoms with van der Waals surface area (Å²) in [5, 5.41) is 8.64.